The minimum atomic E-state index is 0.963. The Labute approximate surface area is 150 Å². The van der Waals surface area contributed by atoms with Crippen molar-refractivity contribution in [2.24, 2.45) is 0 Å². The average Bonchev–Trinajstić information content (AvgIpc) is 2.54. The maximum atomic E-state index is 3.51. The highest BCUT2D eigenvalue weighted by Crippen LogP contribution is 2.22. The van der Waals surface area contributed by atoms with Gasteiger partial charge < -0.3 is 0 Å². The molecule has 0 aliphatic rings. The lowest BCUT2D eigenvalue weighted by molar-refractivity contribution is 0.342. The van der Waals surface area contributed by atoms with Crippen LogP contribution in [0, 0.1) is 0 Å². The van der Waals surface area contributed by atoms with Crippen LogP contribution in [0.2, 0.25) is 0 Å². The summed E-state index contributed by atoms with van der Waals surface area (Å²) in [7, 11) is 0. The van der Waals surface area contributed by atoms with E-state index < -0.39 is 0 Å². The van der Waals surface area contributed by atoms with Crippen molar-refractivity contribution in [3.05, 3.63) is 68.6 Å². The molecular formula is C19H21Br2N. The van der Waals surface area contributed by atoms with Crippen LogP contribution in [-0.2, 0) is 0 Å². The van der Waals surface area contributed by atoms with Crippen LogP contribution >= 0.6 is 31.9 Å². The van der Waals surface area contributed by atoms with E-state index in [9.17, 15) is 0 Å². The molecule has 0 aliphatic heterocycles. The highest BCUT2D eigenvalue weighted by molar-refractivity contribution is 9.10. The summed E-state index contributed by atoms with van der Waals surface area (Å²) in [5.41, 5.74) is 3.85. The number of halogens is 2. The smallest absolute Gasteiger partial charge is 0.0239 e. The van der Waals surface area contributed by atoms with E-state index in [1.54, 1.807) is 0 Å². The highest BCUT2D eigenvalue weighted by Gasteiger charge is 2.07. The zero-order valence-electron chi connectivity index (χ0n) is 13.0. The SMILES string of the molecule is CCN(CC)CC(=Cc1ccc(Br)cc1)c1ccc(Br)cc1. The fourth-order valence-corrected chi connectivity index (χ4v) is 2.86. The summed E-state index contributed by atoms with van der Waals surface area (Å²) in [4.78, 5) is 2.44. The van der Waals surface area contributed by atoms with E-state index >= 15 is 0 Å². The number of hydrogen-bond donors (Lipinski definition) is 0. The topological polar surface area (TPSA) is 3.24 Å². The van der Waals surface area contributed by atoms with Crippen LogP contribution in [0.25, 0.3) is 11.6 Å². The van der Waals surface area contributed by atoms with Gasteiger partial charge in [-0.25, -0.2) is 0 Å². The number of rotatable bonds is 6. The molecule has 0 aromatic heterocycles. The molecular weight excluding hydrogens is 402 g/mol. The van der Waals surface area contributed by atoms with Gasteiger partial charge in [-0.05, 0) is 60.1 Å². The van der Waals surface area contributed by atoms with Gasteiger partial charge in [-0.2, -0.15) is 0 Å². The molecule has 0 unspecified atom stereocenters. The number of likely N-dealkylation sites (N-methyl/N-ethyl adjacent to an activating group) is 1. The van der Waals surface area contributed by atoms with Gasteiger partial charge in [-0.3, -0.25) is 4.90 Å². The van der Waals surface area contributed by atoms with E-state index in [4.69, 9.17) is 0 Å². The van der Waals surface area contributed by atoms with Gasteiger partial charge in [0.15, 0.2) is 0 Å². The third-order valence-electron chi connectivity index (χ3n) is 3.71. The third kappa shape index (κ3) is 5.08. The Bertz CT molecular complexity index is 611. The largest absolute Gasteiger partial charge is 0.300 e. The van der Waals surface area contributed by atoms with E-state index in [0.29, 0.717) is 0 Å². The Kier molecular flexibility index (Phi) is 6.87. The molecule has 2 aromatic carbocycles. The molecule has 0 saturated heterocycles. The first-order valence-corrected chi connectivity index (χ1v) is 9.15. The van der Waals surface area contributed by atoms with Crippen molar-refractivity contribution in [2.75, 3.05) is 19.6 Å². The van der Waals surface area contributed by atoms with Gasteiger partial charge in [-0.1, -0.05) is 70.0 Å². The van der Waals surface area contributed by atoms with Crippen LogP contribution in [0.3, 0.4) is 0 Å². The predicted octanol–water partition coefficient (Wildman–Crippen LogP) is 6.09. The molecule has 2 aromatic rings. The zero-order valence-corrected chi connectivity index (χ0v) is 16.2. The van der Waals surface area contributed by atoms with Gasteiger partial charge in [0, 0.05) is 15.5 Å². The molecule has 0 bridgehead atoms. The second-order valence-electron chi connectivity index (χ2n) is 5.19. The molecule has 0 aliphatic carbocycles. The van der Waals surface area contributed by atoms with E-state index in [-0.39, 0.29) is 0 Å². The predicted molar refractivity (Wildman–Crippen MR) is 104 cm³/mol. The standard InChI is InChI=1S/C19H21Br2N/c1-3-22(4-2)14-17(16-7-11-19(21)12-8-16)13-15-5-9-18(20)10-6-15/h5-13H,3-4,14H2,1-2H3. The number of benzene rings is 2. The number of hydrogen-bond acceptors (Lipinski definition) is 1. The summed E-state index contributed by atoms with van der Waals surface area (Å²) in [6.07, 6.45) is 2.29. The van der Waals surface area contributed by atoms with Crippen molar-refractivity contribution < 1.29 is 0 Å². The fourth-order valence-electron chi connectivity index (χ4n) is 2.33. The monoisotopic (exact) mass is 421 g/mol. The molecule has 0 saturated carbocycles. The van der Waals surface area contributed by atoms with Gasteiger partial charge in [0.05, 0.1) is 0 Å². The third-order valence-corrected chi connectivity index (χ3v) is 4.77. The lowest BCUT2D eigenvalue weighted by atomic mass is 10.0. The fraction of sp³-hybridized carbons (Fsp3) is 0.263. The Hall–Kier alpha value is -0.900. The average molecular weight is 423 g/mol. The summed E-state index contributed by atoms with van der Waals surface area (Å²) in [6, 6.07) is 17.0. The first kappa shape index (κ1) is 17.5. The van der Waals surface area contributed by atoms with Gasteiger partial charge >= 0.3 is 0 Å². The summed E-state index contributed by atoms with van der Waals surface area (Å²) in [5.74, 6) is 0. The van der Waals surface area contributed by atoms with Crippen molar-refractivity contribution in [2.45, 2.75) is 13.8 Å². The maximum absolute atomic E-state index is 3.51. The lowest BCUT2D eigenvalue weighted by Gasteiger charge is -2.20. The molecule has 116 valence electrons. The summed E-state index contributed by atoms with van der Waals surface area (Å²) in [5, 5.41) is 0. The zero-order chi connectivity index (χ0) is 15.9. The minimum absolute atomic E-state index is 0.963. The van der Waals surface area contributed by atoms with Gasteiger partial charge in [0.25, 0.3) is 0 Å². The molecule has 0 spiro atoms. The van der Waals surface area contributed by atoms with E-state index in [2.05, 4.69) is 105 Å². The molecule has 0 amide bonds. The molecule has 0 N–H and O–H groups in total. The van der Waals surface area contributed by atoms with E-state index in [0.717, 1.165) is 28.6 Å². The Morgan fingerprint density at radius 1 is 0.864 bits per heavy atom. The first-order chi connectivity index (χ1) is 10.6. The molecule has 0 fully saturated rings. The van der Waals surface area contributed by atoms with E-state index in [1.807, 2.05) is 0 Å². The summed E-state index contributed by atoms with van der Waals surface area (Å²) >= 11 is 7.01. The van der Waals surface area contributed by atoms with Crippen molar-refractivity contribution in [1.29, 1.82) is 0 Å². The van der Waals surface area contributed by atoms with Crippen LogP contribution in [-0.4, -0.2) is 24.5 Å². The lowest BCUT2D eigenvalue weighted by Crippen LogP contribution is -2.24. The Morgan fingerprint density at radius 2 is 1.36 bits per heavy atom. The van der Waals surface area contributed by atoms with Gasteiger partial charge in [0.2, 0.25) is 0 Å². The van der Waals surface area contributed by atoms with Crippen molar-refractivity contribution in [1.82, 2.24) is 4.90 Å². The van der Waals surface area contributed by atoms with Crippen LogP contribution in [0.5, 0.6) is 0 Å². The molecule has 22 heavy (non-hydrogen) atoms. The van der Waals surface area contributed by atoms with Gasteiger partial charge in [0.1, 0.15) is 0 Å². The highest BCUT2D eigenvalue weighted by atomic mass is 79.9. The molecule has 1 nitrogen and oxygen atoms in total. The van der Waals surface area contributed by atoms with Crippen LogP contribution in [0.1, 0.15) is 25.0 Å². The quantitative estimate of drug-likeness (QED) is 0.508. The second-order valence-corrected chi connectivity index (χ2v) is 7.02. The Morgan fingerprint density at radius 3 is 1.86 bits per heavy atom. The first-order valence-electron chi connectivity index (χ1n) is 7.56. The van der Waals surface area contributed by atoms with Crippen molar-refractivity contribution >= 4 is 43.5 Å². The number of nitrogens with zero attached hydrogens (tertiary/aromatic N) is 1. The normalized spacial score (nSPS) is 12.0. The molecule has 3 heteroatoms. The van der Waals surface area contributed by atoms with Crippen LogP contribution < -0.4 is 0 Å². The molecule has 0 radical (unpaired) electrons. The molecule has 0 atom stereocenters. The minimum Gasteiger partial charge on any atom is -0.300 e. The van der Waals surface area contributed by atoms with Crippen LogP contribution in [0.15, 0.2) is 57.5 Å². The van der Waals surface area contributed by atoms with Crippen molar-refractivity contribution in [3.8, 4) is 0 Å². The second kappa shape index (κ2) is 8.66. The summed E-state index contributed by atoms with van der Waals surface area (Å²) < 4.78 is 2.22. The van der Waals surface area contributed by atoms with E-state index in [1.165, 1.54) is 16.7 Å². The maximum Gasteiger partial charge on any atom is 0.0239 e. The molecule has 0 heterocycles. The van der Waals surface area contributed by atoms with Crippen molar-refractivity contribution in [3.63, 3.8) is 0 Å². The Balaban J connectivity index is 2.35. The molecule has 2 rings (SSSR count). The van der Waals surface area contributed by atoms with Crippen LogP contribution in [0.4, 0.5) is 0 Å². The van der Waals surface area contributed by atoms with Gasteiger partial charge in [-0.15, -0.1) is 0 Å². The summed E-state index contributed by atoms with van der Waals surface area (Å²) in [6.45, 7) is 7.50.